The highest BCUT2D eigenvalue weighted by Gasteiger charge is 2.30. The molecule has 6 heteroatoms. The molecule has 122 valence electrons. The molecule has 24 heavy (non-hydrogen) atoms. The molecule has 0 saturated heterocycles. The second kappa shape index (κ2) is 6.49. The van der Waals surface area contributed by atoms with Gasteiger partial charge in [0.25, 0.3) is 0 Å². The van der Waals surface area contributed by atoms with Crippen LogP contribution in [0.2, 0.25) is 0 Å². The second-order valence-corrected chi connectivity index (χ2v) is 5.98. The first-order valence-corrected chi connectivity index (χ1v) is 7.94. The fourth-order valence-electron chi connectivity index (χ4n) is 2.23. The van der Waals surface area contributed by atoms with Gasteiger partial charge in [-0.25, -0.2) is 0 Å². The molecule has 0 spiro atoms. The van der Waals surface area contributed by atoms with Crippen molar-refractivity contribution in [2.45, 2.75) is 6.18 Å². The van der Waals surface area contributed by atoms with Gasteiger partial charge in [0.2, 0.25) is 5.78 Å². The molecular formula is C18H12F3NOS. The molecule has 1 aromatic heterocycles. The molecule has 1 heterocycles. The third kappa shape index (κ3) is 3.49. The first-order valence-electron chi connectivity index (χ1n) is 7.06. The molecule has 0 bridgehead atoms. The molecule has 1 N–H and O–H groups in total. The molecular weight excluding hydrogens is 335 g/mol. The van der Waals surface area contributed by atoms with Crippen LogP contribution in [0, 0.1) is 0 Å². The van der Waals surface area contributed by atoms with Crippen molar-refractivity contribution in [3.05, 3.63) is 82.0 Å². The molecule has 0 amide bonds. The number of hydrogen-bond donors (Lipinski definition) is 1. The number of anilines is 2. The van der Waals surface area contributed by atoms with Crippen LogP contribution in [0.5, 0.6) is 0 Å². The lowest BCUT2D eigenvalue weighted by Gasteiger charge is -2.11. The topological polar surface area (TPSA) is 29.1 Å². The highest BCUT2D eigenvalue weighted by atomic mass is 32.1. The van der Waals surface area contributed by atoms with Gasteiger partial charge in [-0.05, 0) is 29.6 Å². The summed E-state index contributed by atoms with van der Waals surface area (Å²) in [7, 11) is 0. The molecule has 2 nitrogen and oxygen atoms in total. The van der Waals surface area contributed by atoms with Crippen LogP contribution >= 0.6 is 11.3 Å². The van der Waals surface area contributed by atoms with E-state index in [1.54, 1.807) is 35.7 Å². The van der Waals surface area contributed by atoms with E-state index in [4.69, 9.17) is 0 Å². The average molecular weight is 347 g/mol. The smallest absolute Gasteiger partial charge is 0.354 e. The summed E-state index contributed by atoms with van der Waals surface area (Å²) in [5.41, 5.74) is 0.573. The Morgan fingerprint density at radius 1 is 0.958 bits per heavy atom. The van der Waals surface area contributed by atoms with Crippen molar-refractivity contribution >= 4 is 28.5 Å². The molecule has 0 atom stereocenters. The van der Waals surface area contributed by atoms with E-state index in [0.29, 0.717) is 16.1 Å². The number of nitrogens with one attached hydrogen (secondary N) is 1. The first-order chi connectivity index (χ1) is 11.4. The highest BCUT2D eigenvalue weighted by molar-refractivity contribution is 7.13. The fraction of sp³-hybridized carbons (Fsp3) is 0.0556. The highest BCUT2D eigenvalue weighted by Crippen LogP contribution is 2.33. The SMILES string of the molecule is O=C(c1ccccc1)c1sccc1Nc1cccc(C(F)(F)F)c1. The van der Waals surface area contributed by atoms with Crippen LogP contribution < -0.4 is 5.32 Å². The Kier molecular flexibility index (Phi) is 4.40. The second-order valence-electron chi connectivity index (χ2n) is 5.06. The number of benzene rings is 2. The van der Waals surface area contributed by atoms with Crippen molar-refractivity contribution in [2.24, 2.45) is 0 Å². The van der Waals surface area contributed by atoms with Crippen LogP contribution in [0.15, 0.2) is 66.0 Å². The minimum atomic E-state index is -4.41. The van der Waals surface area contributed by atoms with E-state index in [0.717, 1.165) is 12.1 Å². The van der Waals surface area contributed by atoms with E-state index in [9.17, 15) is 18.0 Å². The van der Waals surface area contributed by atoms with Crippen molar-refractivity contribution in [3.63, 3.8) is 0 Å². The Morgan fingerprint density at radius 3 is 2.42 bits per heavy atom. The van der Waals surface area contributed by atoms with Gasteiger partial charge in [0.1, 0.15) is 0 Å². The Hall–Kier alpha value is -2.60. The maximum Gasteiger partial charge on any atom is 0.416 e. The van der Waals surface area contributed by atoms with Gasteiger partial charge in [0.15, 0.2) is 0 Å². The normalized spacial score (nSPS) is 11.3. The lowest BCUT2D eigenvalue weighted by Crippen LogP contribution is -2.06. The van der Waals surface area contributed by atoms with Crippen molar-refractivity contribution in [3.8, 4) is 0 Å². The maximum absolute atomic E-state index is 12.8. The van der Waals surface area contributed by atoms with Crippen molar-refractivity contribution in [2.75, 3.05) is 5.32 Å². The molecule has 0 radical (unpaired) electrons. The first kappa shape index (κ1) is 16.3. The molecule has 3 aromatic rings. The van der Waals surface area contributed by atoms with Gasteiger partial charge >= 0.3 is 6.18 Å². The van der Waals surface area contributed by atoms with E-state index in [1.807, 2.05) is 6.07 Å². The Bertz CT molecular complexity index is 856. The van der Waals surface area contributed by atoms with Crippen LogP contribution in [-0.2, 0) is 6.18 Å². The van der Waals surface area contributed by atoms with Crippen LogP contribution in [0.4, 0.5) is 24.5 Å². The quantitative estimate of drug-likeness (QED) is 0.610. The third-order valence-electron chi connectivity index (χ3n) is 3.38. The van der Waals surface area contributed by atoms with E-state index in [1.165, 1.54) is 23.5 Å². The van der Waals surface area contributed by atoms with Gasteiger partial charge < -0.3 is 5.32 Å². The Labute approximate surface area is 140 Å². The summed E-state index contributed by atoms with van der Waals surface area (Å²) in [6.07, 6.45) is -4.41. The van der Waals surface area contributed by atoms with Crippen LogP contribution in [0.3, 0.4) is 0 Å². The summed E-state index contributed by atoms with van der Waals surface area (Å²) in [5.74, 6) is -0.167. The molecule has 0 fully saturated rings. The average Bonchev–Trinajstić information content (AvgIpc) is 3.02. The standard InChI is InChI=1S/C18H12F3NOS/c19-18(20,21)13-7-4-8-14(11-13)22-15-9-10-24-17(15)16(23)12-5-2-1-3-6-12/h1-11,22H. The number of hydrogen-bond acceptors (Lipinski definition) is 3. The number of alkyl halides is 3. The zero-order valence-electron chi connectivity index (χ0n) is 12.3. The van der Waals surface area contributed by atoms with Gasteiger partial charge in [-0.1, -0.05) is 36.4 Å². The van der Waals surface area contributed by atoms with Crippen LogP contribution in [0.1, 0.15) is 20.8 Å². The fourth-order valence-corrected chi connectivity index (χ4v) is 3.04. The maximum atomic E-state index is 12.8. The Morgan fingerprint density at radius 2 is 1.71 bits per heavy atom. The van der Waals surface area contributed by atoms with Gasteiger partial charge in [-0.2, -0.15) is 13.2 Å². The zero-order valence-corrected chi connectivity index (χ0v) is 13.1. The minimum Gasteiger partial charge on any atom is -0.354 e. The molecule has 0 aliphatic heterocycles. The summed E-state index contributed by atoms with van der Waals surface area (Å²) >= 11 is 1.25. The van der Waals surface area contributed by atoms with Crippen molar-refractivity contribution in [1.29, 1.82) is 0 Å². The van der Waals surface area contributed by atoms with E-state index in [2.05, 4.69) is 5.32 Å². The van der Waals surface area contributed by atoms with Gasteiger partial charge in [-0.3, -0.25) is 4.79 Å². The van der Waals surface area contributed by atoms with Gasteiger partial charge in [-0.15, -0.1) is 11.3 Å². The van der Waals surface area contributed by atoms with E-state index < -0.39 is 11.7 Å². The van der Waals surface area contributed by atoms with Crippen LogP contribution in [0.25, 0.3) is 0 Å². The monoisotopic (exact) mass is 347 g/mol. The number of ketones is 1. The molecule has 0 aliphatic carbocycles. The third-order valence-corrected chi connectivity index (χ3v) is 4.29. The van der Waals surface area contributed by atoms with Crippen molar-refractivity contribution < 1.29 is 18.0 Å². The number of rotatable bonds is 4. The number of carbonyl (C=O) groups excluding carboxylic acids is 1. The largest absolute Gasteiger partial charge is 0.416 e. The summed E-state index contributed by atoms with van der Waals surface area (Å²) in [6.45, 7) is 0. The number of thiophene rings is 1. The predicted molar refractivity (Wildman–Crippen MR) is 88.9 cm³/mol. The molecule has 3 rings (SSSR count). The lowest BCUT2D eigenvalue weighted by atomic mass is 10.1. The lowest BCUT2D eigenvalue weighted by molar-refractivity contribution is -0.137. The molecule has 0 unspecified atom stereocenters. The molecule has 0 saturated carbocycles. The Balaban J connectivity index is 1.88. The summed E-state index contributed by atoms with van der Waals surface area (Å²) in [4.78, 5) is 13.0. The predicted octanol–water partition coefficient (Wildman–Crippen LogP) is 5.74. The number of carbonyl (C=O) groups is 1. The summed E-state index contributed by atoms with van der Waals surface area (Å²) < 4.78 is 38.4. The zero-order chi connectivity index (χ0) is 17.2. The summed E-state index contributed by atoms with van der Waals surface area (Å²) in [5, 5.41) is 4.63. The van der Waals surface area contributed by atoms with Crippen molar-refractivity contribution in [1.82, 2.24) is 0 Å². The minimum absolute atomic E-state index is 0.167. The molecule has 2 aromatic carbocycles. The number of halogens is 3. The van der Waals surface area contributed by atoms with E-state index in [-0.39, 0.29) is 11.5 Å². The van der Waals surface area contributed by atoms with Gasteiger partial charge in [0, 0.05) is 11.3 Å². The van der Waals surface area contributed by atoms with Gasteiger partial charge in [0.05, 0.1) is 16.1 Å². The summed E-state index contributed by atoms with van der Waals surface area (Å²) in [6, 6.07) is 15.3. The van der Waals surface area contributed by atoms with Crippen LogP contribution in [-0.4, -0.2) is 5.78 Å². The van der Waals surface area contributed by atoms with E-state index >= 15 is 0 Å². The molecule has 0 aliphatic rings.